The van der Waals surface area contributed by atoms with Crippen molar-refractivity contribution in [3.8, 4) is 23.0 Å². The van der Waals surface area contributed by atoms with Gasteiger partial charge in [0.2, 0.25) is 0 Å². The van der Waals surface area contributed by atoms with Gasteiger partial charge in [0.05, 0.1) is 14.2 Å². The molecule has 0 bridgehead atoms. The molecule has 0 spiro atoms. The van der Waals surface area contributed by atoms with Crippen LogP contribution in [0.3, 0.4) is 0 Å². The summed E-state index contributed by atoms with van der Waals surface area (Å²) in [7, 11) is 3.39. The number of phenolic OH excluding ortho intramolecular Hbond substituents is 1. The van der Waals surface area contributed by atoms with E-state index in [0.29, 0.717) is 24.2 Å². The average Bonchev–Trinajstić information content (AvgIpc) is 2.97. The van der Waals surface area contributed by atoms with Crippen molar-refractivity contribution in [2.45, 2.75) is 58.9 Å². The summed E-state index contributed by atoms with van der Waals surface area (Å²) in [5.41, 5.74) is 6.25. The van der Waals surface area contributed by atoms with E-state index in [-0.39, 0.29) is 0 Å². The second-order valence-electron chi connectivity index (χ2n) is 11.1. The second-order valence-corrected chi connectivity index (χ2v) is 11.1. The predicted octanol–water partition coefficient (Wildman–Crippen LogP) is 6.72. The molecule has 1 unspecified atom stereocenters. The van der Waals surface area contributed by atoms with Gasteiger partial charge in [-0.1, -0.05) is 32.0 Å². The normalized spacial score (nSPS) is 14.6. The lowest BCUT2D eigenvalue weighted by molar-refractivity contribution is 0.312. The highest BCUT2D eigenvalue weighted by atomic mass is 16.5. The van der Waals surface area contributed by atoms with Gasteiger partial charge in [-0.25, -0.2) is 0 Å². The standard InChI is InChI=1S/C34H46N2O4/c1-6-36(23-25-7-13-30(14-8-25)40-18-17-35-16-15-24(2)3)32-22-34(39-5)33(38-4)21-31(32)28-10-9-27-20-29(37)12-11-26(27)19-28/h7-8,11-14,20-22,24,28,35,37H,6,9-10,15-19,23H2,1-5H3. The molecular weight excluding hydrogens is 500 g/mol. The molecule has 0 heterocycles. The van der Waals surface area contributed by atoms with Crippen molar-refractivity contribution >= 4 is 5.69 Å². The third-order valence-electron chi connectivity index (χ3n) is 7.86. The van der Waals surface area contributed by atoms with Crippen LogP contribution in [0.1, 0.15) is 61.8 Å². The molecule has 1 aliphatic carbocycles. The van der Waals surface area contributed by atoms with Gasteiger partial charge in [0.25, 0.3) is 0 Å². The fourth-order valence-electron chi connectivity index (χ4n) is 5.53. The Morgan fingerprint density at radius 2 is 1.70 bits per heavy atom. The van der Waals surface area contributed by atoms with Crippen LogP contribution in [0.15, 0.2) is 54.6 Å². The fraction of sp³-hybridized carbons (Fsp3) is 0.471. The number of fused-ring (bicyclic) bond motifs is 1. The third kappa shape index (κ3) is 7.63. The van der Waals surface area contributed by atoms with Crippen LogP contribution in [-0.2, 0) is 19.4 Å². The summed E-state index contributed by atoms with van der Waals surface area (Å²) >= 11 is 0. The molecule has 0 radical (unpaired) electrons. The Bertz CT molecular complexity index is 1230. The highest BCUT2D eigenvalue weighted by Crippen LogP contribution is 2.43. The molecular formula is C34H46N2O4. The molecule has 0 saturated heterocycles. The zero-order chi connectivity index (χ0) is 28.5. The molecule has 0 aliphatic heterocycles. The summed E-state index contributed by atoms with van der Waals surface area (Å²) in [6.45, 7) is 10.9. The zero-order valence-corrected chi connectivity index (χ0v) is 24.8. The van der Waals surface area contributed by atoms with Gasteiger partial charge in [0, 0.05) is 31.4 Å². The van der Waals surface area contributed by atoms with Crippen molar-refractivity contribution < 1.29 is 19.3 Å². The fourth-order valence-corrected chi connectivity index (χ4v) is 5.53. The smallest absolute Gasteiger partial charge is 0.162 e. The molecule has 1 atom stereocenters. The van der Waals surface area contributed by atoms with Crippen molar-refractivity contribution in [1.82, 2.24) is 5.32 Å². The second kappa shape index (κ2) is 14.3. The molecule has 0 amide bonds. The maximum Gasteiger partial charge on any atom is 0.162 e. The summed E-state index contributed by atoms with van der Waals surface area (Å²) in [5, 5.41) is 13.4. The number of aryl methyl sites for hydroxylation is 1. The summed E-state index contributed by atoms with van der Waals surface area (Å²) in [6.07, 6.45) is 4.09. The van der Waals surface area contributed by atoms with E-state index in [1.165, 1.54) is 34.4 Å². The maximum atomic E-state index is 9.95. The Morgan fingerprint density at radius 1 is 0.950 bits per heavy atom. The summed E-state index contributed by atoms with van der Waals surface area (Å²) in [6, 6.07) is 18.5. The number of hydrogen-bond donors (Lipinski definition) is 2. The van der Waals surface area contributed by atoms with Crippen LogP contribution >= 0.6 is 0 Å². The van der Waals surface area contributed by atoms with Crippen molar-refractivity contribution in [3.05, 3.63) is 76.9 Å². The van der Waals surface area contributed by atoms with Crippen LogP contribution in [0.25, 0.3) is 0 Å². The minimum Gasteiger partial charge on any atom is -0.508 e. The Labute approximate surface area is 240 Å². The van der Waals surface area contributed by atoms with Crippen molar-refractivity contribution in [2.24, 2.45) is 5.92 Å². The van der Waals surface area contributed by atoms with Gasteiger partial charge < -0.3 is 29.5 Å². The molecule has 0 aromatic heterocycles. The molecule has 216 valence electrons. The van der Waals surface area contributed by atoms with E-state index in [9.17, 15) is 5.11 Å². The number of hydrogen-bond acceptors (Lipinski definition) is 6. The minimum absolute atomic E-state index is 0.343. The number of phenols is 1. The molecule has 1 aliphatic rings. The van der Waals surface area contributed by atoms with Crippen LogP contribution in [0.4, 0.5) is 5.69 Å². The number of benzene rings is 3. The molecule has 3 aromatic carbocycles. The molecule has 6 heteroatoms. The third-order valence-corrected chi connectivity index (χ3v) is 7.86. The number of nitrogens with zero attached hydrogens (tertiary/aromatic N) is 1. The first-order valence-electron chi connectivity index (χ1n) is 14.7. The topological polar surface area (TPSA) is 63.2 Å². The van der Waals surface area contributed by atoms with Gasteiger partial charge in [-0.2, -0.15) is 0 Å². The molecule has 40 heavy (non-hydrogen) atoms. The van der Waals surface area contributed by atoms with Gasteiger partial charge in [0.1, 0.15) is 18.1 Å². The van der Waals surface area contributed by atoms with Crippen LogP contribution in [0.5, 0.6) is 23.0 Å². The van der Waals surface area contributed by atoms with E-state index in [4.69, 9.17) is 14.2 Å². The molecule has 2 N–H and O–H groups in total. The largest absolute Gasteiger partial charge is 0.508 e. The van der Waals surface area contributed by atoms with Crippen molar-refractivity contribution in [2.75, 3.05) is 45.4 Å². The van der Waals surface area contributed by atoms with E-state index < -0.39 is 0 Å². The first-order chi connectivity index (χ1) is 19.4. The lowest BCUT2D eigenvalue weighted by atomic mass is 9.79. The highest BCUT2D eigenvalue weighted by molar-refractivity contribution is 5.64. The van der Waals surface area contributed by atoms with E-state index in [0.717, 1.165) is 62.7 Å². The number of rotatable bonds is 14. The predicted molar refractivity (Wildman–Crippen MR) is 163 cm³/mol. The maximum absolute atomic E-state index is 9.95. The molecule has 4 rings (SSSR count). The first-order valence-corrected chi connectivity index (χ1v) is 14.7. The number of aromatic hydroxyl groups is 1. The number of nitrogens with one attached hydrogen (secondary N) is 1. The Kier molecular flexibility index (Phi) is 10.6. The average molecular weight is 547 g/mol. The van der Waals surface area contributed by atoms with E-state index in [1.807, 2.05) is 6.07 Å². The van der Waals surface area contributed by atoms with Gasteiger partial charge in [-0.15, -0.1) is 0 Å². The molecule has 6 nitrogen and oxygen atoms in total. The van der Waals surface area contributed by atoms with Crippen LogP contribution in [-0.4, -0.2) is 45.6 Å². The first kappa shape index (κ1) is 29.6. The lowest BCUT2D eigenvalue weighted by Crippen LogP contribution is -2.25. The molecule has 3 aromatic rings. The number of methoxy groups -OCH3 is 2. The van der Waals surface area contributed by atoms with Gasteiger partial charge in [-0.05, 0) is 104 Å². The summed E-state index contributed by atoms with van der Waals surface area (Å²) in [4.78, 5) is 2.41. The van der Waals surface area contributed by atoms with Gasteiger partial charge in [-0.3, -0.25) is 0 Å². The zero-order valence-electron chi connectivity index (χ0n) is 24.8. The molecule has 0 fully saturated rings. The van der Waals surface area contributed by atoms with Crippen LogP contribution in [0.2, 0.25) is 0 Å². The Hall–Kier alpha value is -3.38. The highest BCUT2D eigenvalue weighted by Gasteiger charge is 2.26. The van der Waals surface area contributed by atoms with Gasteiger partial charge in [0.15, 0.2) is 11.5 Å². The lowest BCUT2D eigenvalue weighted by Gasteiger charge is -2.32. The number of ether oxygens (including phenoxy) is 3. The number of anilines is 1. The summed E-state index contributed by atoms with van der Waals surface area (Å²) < 4.78 is 17.4. The quantitative estimate of drug-likeness (QED) is 0.219. The summed E-state index contributed by atoms with van der Waals surface area (Å²) in [5.74, 6) is 3.81. The van der Waals surface area contributed by atoms with Crippen LogP contribution in [0, 0.1) is 5.92 Å². The van der Waals surface area contributed by atoms with E-state index in [1.54, 1.807) is 20.3 Å². The Morgan fingerprint density at radius 3 is 2.40 bits per heavy atom. The van der Waals surface area contributed by atoms with Crippen molar-refractivity contribution in [1.29, 1.82) is 0 Å². The monoisotopic (exact) mass is 546 g/mol. The van der Waals surface area contributed by atoms with Gasteiger partial charge >= 0.3 is 0 Å². The minimum atomic E-state index is 0.343. The van der Waals surface area contributed by atoms with E-state index in [2.05, 4.69) is 73.5 Å². The molecule has 0 saturated carbocycles. The SMILES string of the molecule is CCN(Cc1ccc(OCCNCCC(C)C)cc1)c1cc(OC)c(OC)cc1C1CCc2cc(O)ccc2C1. The van der Waals surface area contributed by atoms with Crippen LogP contribution < -0.4 is 24.4 Å². The van der Waals surface area contributed by atoms with Crippen molar-refractivity contribution in [3.63, 3.8) is 0 Å². The Balaban J connectivity index is 1.49. The van der Waals surface area contributed by atoms with E-state index >= 15 is 0 Å².